The number of piperazine rings is 1. The molecule has 0 aromatic heterocycles. The van der Waals surface area contributed by atoms with Gasteiger partial charge >= 0.3 is 5.97 Å². The van der Waals surface area contributed by atoms with E-state index < -0.39 is 16.1 Å². The normalized spacial score (nSPS) is 17.2. The highest BCUT2D eigenvalue weighted by Crippen LogP contribution is 2.29. The Hall–Kier alpha value is -1.45. The second-order valence-corrected chi connectivity index (χ2v) is 9.54. The minimum absolute atomic E-state index is 0.241. The van der Waals surface area contributed by atoms with Crippen LogP contribution in [0.25, 0.3) is 0 Å². The fourth-order valence-electron chi connectivity index (χ4n) is 3.25. The second kappa shape index (κ2) is 8.92. The van der Waals surface area contributed by atoms with Gasteiger partial charge in [-0.25, -0.2) is 13.2 Å². The van der Waals surface area contributed by atoms with Crippen LogP contribution in [0, 0.1) is 0 Å². The summed E-state index contributed by atoms with van der Waals surface area (Å²) in [6.45, 7) is 1.38. The molecule has 2 aromatic carbocycles. The van der Waals surface area contributed by atoms with Crippen LogP contribution in [-0.2, 0) is 19.6 Å². The number of sulfonamides is 1. The standard InChI is InChI=1S/C19H20BrClN2O4S/c1-27-19(24)18(14-6-8-15(21)9-7-14)22-10-12-23(13-11-22)28(25,26)17-5-3-2-4-16(17)20/h2-9,18H,10-13H2,1H3. The number of hydrogen-bond donors (Lipinski definition) is 0. The molecular formula is C19H20BrClN2O4S. The predicted molar refractivity (Wildman–Crippen MR) is 111 cm³/mol. The number of esters is 1. The Morgan fingerprint density at radius 1 is 1.07 bits per heavy atom. The van der Waals surface area contributed by atoms with Gasteiger partial charge < -0.3 is 4.74 Å². The highest BCUT2D eigenvalue weighted by Gasteiger charge is 2.35. The lowest BCUT2D eigenvalue weighted by atomic mass is 10.0. The van der Waals surface area contributed by atoms with Crippen LogP contribution in [0.3, 0.4) is 0 Å². The van der Waals surface area contributed by atoms with Gasteiger partial charge in [-0.3, -0.25) is 4.90 Å². The van der Waals surface area contributed by atoms with Crippen molar-refractivity contribution in [1.29, 1.82) is 0 Å². The number of methoxy groups -OCH3 is 1. The third-order valence-corrected chi connectivity index (χ3v) is 7.87. The average molecular weight is 488 g/mol. The molecule has 1 unspecified atom stereocenters. The minimum Gasteiger partial charge on any atom is -0.468 e. The summed E-state index contributed by atoms with van der Waals surface area (Å²) in [4.78, 5) is 14.6. The van der Waals surface area contributed by atoms with Crippen molar-refractivity contribution < 1.29 is 17.9 Å². The largest absolute Gasteiger partial charge is 0.468 e. The van der Waals surface area contributed by atoms with Crippen molar-refractivity contribution in [2.75, 3.05) is 33.3 Å². The van der Waals surface area contributed by atoms with Crippen molar-refractivity contribution in [3.05, 3.63) is 63.6 Å². The second-order valence-electron chi connectivity index (χ2n) is 6.35. The number of halogens is 2. The Morgan fingerprint density at radius 3 is 2.25 bits per heavy atom. The molecule has 1 aliphatic heterocycles. The SMILES string of the molecule is COC(=O)C(c1ccc(Cl)cc1)N1CCN(S(=O)(=O)c2ccccc2Br)CC1. The molecule has 1 fully saturated rings. The first-order chi connectivity index (χ1) is 13.3. The highest BCUT2D eigenvalue weighted by atomic mass is 79.9. The average Bonchev–Trinajstić information content (AvgIpc) is 2.70. The van der Waals surface area contributed by atoms with Crippen molar-refractivity contribution in [3.63, 3.8) is 0 Å². The number of benzene rings is 2. The lowest BCUT2D eigenvalue weighted by Crippen LogP contribution is -2.51. The zero-order valence-electron chi connectivity index (χ0n) is 15.2. The summed E-state index contributed by atoms with van der Waals surface area (Å²) in [6.07, 6.45) is 0. The molecule has 0 amide bonds. The summed E-state index contributed by atoms with van der Waals surface area (Å²) in [6, 6.07) is 13.2. The minimum atomic E-state index is -3.61. The molecule has 0 aliphatic carbocycles. The lowest BCUT2D eigenvalue weighted by molar-refractivity contribution is -0.147. The van der Waals surface area contributed by atoms with Crippen molar-refractivity contribution in [2.45, 2.75) is 10.9 Å². The van der Waals surface area contributed by atoms with Crippen LogP contribution in [0.2, 0.25) is 5.02 Å². The van der Waals surface area contributed by atoms with Crippen LogP contribution in [-0.4, -0.2) is 56.9 Å². The topological polar surface area (TPSA) is 66.9 Å². The van der Waals surface area contributed by atoms with Crippen molar-refractivity contribution >= 4 is 43.5 Å². The predicted octanol–water partition coefficient (Wildman–Crippen LogP) is 3.32. The maximum Gasteiger partial charge on any atom is 0.327 e. The Bertz CT molecular complexity index is 945. The van der Waals surface area contributed by atoms with Gasteiger partial charge in [0.25, 0.3) is 0 Å². The molecule has 6 nitrogen and oxygen atoms in total. The summed E-state index contributed by atoms with van der Waals surface area (Å²) in [5.74, 6) is -0.385. The molecule has 0 radical (unpaired) electrons. The van der Waals surface area contributed by atoms with Crippen LogP contribution < -0.4 is 0 Å². The van der Waals surface area contributed by atoms with E-state index in [1.807, 2.05) is 4.90 Å². The van der Waals surface area contributed by atoms with Gasteiger partial charge in [0.1, 0.15) is 6.04 Å². The van der Waals surface area contributed by atoms with E-state index in [1.165, 1.54) is 11.4 Å². The number of ether oxygens (including phenoxy) is 1. The van der Waals surface area contributed by atoms with E-state index in [2.05, 4.69) is 15.9 Å². The highest BCUT2D eigenvalue weighted by molar-refractivity contribution is 9.10. The van der Waals surface area contributed by atoms with Crippen LogP contribution in [0.4, 0.5) is 0 Å². The first-order valence-corrected chi connectivity index (χ1v) is 11.3. The lowest BCUT2D eigenvalue weighted by Gasteiger charge is -2.37. The van der Waals surface area contributed by atoms with Crippen LogP contribution >= 0.6 is 27.5 Å². The van der Waals surface area contributed by atoms with Gasteiger partial charge in [0, 0.05) is 35.7 Å². The van der Waals surface area contributed by atoms with Gasteiger partial charge in [0.05, 0.1) is 12.0 Å². The van der Waals surface area contributed by atoms with E-state index in [1.54, 1.807) is 48.5 Å². The van der Waals surface area contributed by atoms with E-state index >= 15 is 0 Å². The molecule has 0 bridgehead atoms. The van der Waals surface area contributed by atoms with E-state index in [-0.39, 0.29) is 24.0 Å². The molecule has 1 heterocycles. The summed E-state index contributed by atoms with van der Waals surface area (Å²) in [5.41, 5.74) is 0.762. The molecule has 0 spiro atoms. The Balaban J connectivity index is 1.78. The molecule has 9 heteroatoms. The molecule has 1 saturated heterocycles. The maximum absolute atomic E-state index is 13.0. The Kier molecular flexibility index (Phi) is 6.77. The van der Waals surface area contributed by atoms with E-state index in [0.717, 1.165) is 5.56 Å². The maximum atomic E-state index is 13.0. The smallest absolute Gasteiger partial charge is 0.327 e. The number of nitrogens with zero attached hydrogens (tertiary/aromatic N) is 2. The van der Waals surface area contributed by atoms with E-state index in [4.69, 9.17) is 16.3 Å². The van der Waals surface area contributed by atoms with Gasteiger partial charge in [-0.1, -0.05) is 35.9 Å². The summed E-state index contributed by atoms with van der Waals surface area (Å²) in [7, 11) is -2.27. The summed E-state index contributed by atoms with van der Waals surface area (Å²) < 4.78 is 32.9. The number of carbonyl (C=O) groups is 1. The van der Waals surface area contributed by atoms with E-state index in [9.17, 15) is 13.2 Å². The molecule has 2 aromatic rings. The fourth-order valence-corrected chi connectivity index (χ4v) is 5.76. The van der Waals surface area contributed by atoms with Gasteiger partial charge in [0.15, 0.2) is 0 Å². The molecule has 0 saturated carbocycles. The molecule has 1 aliphatic rings. The monoisotopic (exact) mass is 486 g/mol. The Morgan fingerprint density at radius 2 is 1.68 bits per heavy atom. The van der Waals surface area contributed by atoms with Gasteiger partial charge in [-0.05, 0) is 45.8 Å². The quantitative estimate of drug-likeness (QED) is 0.605. The Labute approximate surface area is 178 Å². The molecule has 150 valence electrons. The summed E-state index contributed by atoms with van der Waals surface area (Å²) >= 11 is 9.26. The van der Waals surface area contributed by atoms with Crippen molar-refractivity contribution in [1.82, 2.24) is 9.21 Å². The third kappa shape index (κ3) is 4.41. The number of hydrogen-bond acceptors (Lipinski definition) is 5. The van der Waals surface area contributed by atoms with Crippen LogP contribution in [0.5, 0.6) is 0 Å². The first kappa shape index (κ1) is 21.3. The summed E-state index contributed by atoms with van der Waals surface area (Å²) in [5, 5.41) is 0.580. The van der Waals surface area contributed by atoms with E-state index in [0.29, 0.717) is 22.6 Å². The molecule has 1 atom stereocenters. The number of rotatable bonds is 5. The van der Waals surface area contributed by atoms with Gasteiger partial charge in [-0.2, -0.15) is 4.31 Å². The van der Waals surface area contributed by atoms with Crippen LogP contribution in [0.1, 0.15) is 11.6 Å². The van der Waals surface area contributed by atoms with Crippen molar-refractivity contribution in [2.24, 2.45) is 0 Å². The zero-order chi connectivity index (χ0) is 20.3. The number of carbonyl (C=O) groups excluding carboxylic acids is 1. The fraction of sp³-hybridized carbons (Fsp3) is 0.316. The van der Waals surface area contributed by atoms with Crippen LogP contribution in [0.15, 0.2) is 57.9 Å². The molecular weight excluding hydrogens is 468 g/mol. The molecule has 0 N–H and O–H groups in total. The van der Waals surface area contributed by atoms with Gasteiger partial charge in [0.2, 0.25) is 10.0 Å². The molecule has 28 heavy (non-hydrogen) atoms. The third-order valence-electron chi connectivity index (χ3n) is 4.70. The zero-order valence-corrected chi connectivity index (χ0v) is 18.4. The molecule has 3 rings (SSSR count). The van der Waals surface area contributed by atoms with Crippen molar-refractivity contribution in [3.8, 4) is 0 Å². The first-order valence-electron chi connectivity index (χ1n) is 8.66. The van der Waals surface area contributed by atoms with Gasteiger partial charge in [-0.15, -0.1) is 0 Å².